The fraction of sp³-hybridized carbons (Fsp3) is 0.0741. The smallest absolute Gasteiger partial charge is 0.159 e. The largest absolute Gasteiger partial charge is 0.454 e. The molecule has 4 nitrogen and oxygen atoms in total. The molecule has 0 fully saturated rings. The Morgan fingerprint density at radius 2 is 0.914 bits per heavy atom. The monoisotopic (exact) mass is 746 g/mol. The second-order valence-corrected chi connectivity index (χ2v) is 15.7. The lowest BCUT2D eigenvalue weighted by Gasteiger charge is -2.31. The van der Waals surface area contributed by atoms with Crippen LogP contribution in [0.3, 0.4) is 0 Å². The van der Waals surface area contributed by atoms with Crippen LogP contribution in [0.15, 0.2) is 190 Å². The number of rotatable bonds is 6. The quantitative estimate of drug-likeness (QED) is 0.159. The topological polar surface area (TPSA) is 32.8 Å². The van der Waals surface area contributed by atoms with Gasteiger partial charge in [0.1, 0.15) is 11.2 Å². The molecule has 4 heteroatoms. The number of nitrogens with zero attached hydrogens (tertiary/aromatic N) is 2. The fourth-order valence-electron chi connectivity index (χ4n) is 9.60. The van der Waals surface area contributed by atoms with Gasteiger partial charge in [0.2, 0.25) is 0 Å². The Kier molecular flexibility index (Phi) is 7.15. The number of para-hydroxylation sites is 5. The Morgan fingerprint density at radius 1 is 0.414 bits per heavy atom. The SMILES string of the molecule is CC1=C(N(c2ccc3ccc4c(N(c5ccccc5C)c5cccc6c5oc5ccccc56)ccc5ccc2c3c54)c2cccc3c2oc2ccccc23)C=CCC1. The Hall–Kier alpha value is -7.30. The number of furan rings is 2. The van der Waals surface area contributed by atoms with Crippen molar-refractivity contribution in [3.8, 4) is 0 Å². The summed E-state index contributed by atoms with van der Waals surface area (Å²) in [7, 11) is 0. The van der Waals surface area contributed by atoms with Crippen LogP contribution >= 0.6 is 0 Å². The average molecular weight is 747 g/mol. The van der Waals surface area contributed by atoms with Gasteiger partial charge in [-0.1, -0.05) is 121 Å². The maximum absolute atomic E-state index is 6.72. The summed E-state index contributed by atoms with van der Waals surface area (Å²) in [6.07, 6.45) is 6.66. The van der Waals surface area contributed by atoms with E-state index in [1.54, 1.807) is 0 Å². The van der Waals surface area contributed by atoms with Crippen LogP contribution in [0.25, 0.3) is 76.2 Å². The van der Waals surface area contributed by atoms with E-state index in [0.717, 1.165) is 85.2 Å². The van der Waals surface area contributed by atoms with Crippen LogP contribution in [0.4, 0.5) is 28.4 Å². The van der Waals surface area contributed by atoms with Crippen LogP contribution in [0.1, 0.15) is 25.3 Å². The van der Waals surface area contributed by atoms with Crippen molar-refractivity contribution in [2.45, 2.75) is 26.7 Å². The number of hydrogen-bond donors (Lipinski definition) is 0. The van der Waals surface area contributed by atoms with Gasteiger partial charge >= 0.3 is 0 Å². The number of benzene rings is 9. The van der Waals surface area contributed by atoms with Crippen molar-refractivity contribution in [3.63, 3.8) is 0 Å². The molecule has 0 atom stereocenters. The van der Waals surface area contributed by atoms with Crippen molar-refractivity contribution in [1.82, 2.24) is 0 Å². The normalized spacial score (nSPS) is 13.4. The second kappa shape index (κ2) is 12.6. The first-order valence-electron chi connectivity index (χ1n) is 20.2. The minimum Gasteiger partial charge on any atom is -0.454 e. The highest BCUT2D eigenvalue weighted by Gasteiger charge is 2.27. The molecule has 1 aliphatic rings. The number of anilines is 5. The Balaban J connectivity index is 1.14. The Bertz CT molecular complexity index is 3510. The molecule has 0 saturated heterocycles. The predicted molar refractivity (Wildman–Crippen MR) is 244 cm³/mol. The van der Waals surface area contributed by atoms with Crippen molar-refractivity contribution in [2.75, 3.05) is 9.80 Å². The summed E-state index contributed by atoms with van der Waals surface area (Å²) in [6.45, 7) is 4.46. The van der Waals surface area contributed by atoms with Gasteiger partial charge < -0.3 is 18.6 Å². The van der Waals surface area contributed by atoms with Crippen LogP contribution in [0, 0.1) is 6.92 Å². The highest BCUT2D eigenvalue weighted by Crippen LogP contribution is 2.50. The first-order valence-corrected chi connectivity index (χ1v) is 20.2. The third-order valence-corrected chi connectivity index (χ3v) is 12.3. The zero-order valence-corrected chi connectivity index (χ0v) is 32.3. The van der Waals surface area contributed by atoms with E-state index < -0.39 is 0 Å². The molecule has 2 heterocycles. The van der Waals surface area contributed by atoms with Gasteiger partial charge in [0.25, 0.3) is 0 Å². The zero-order chi connectivity index (χ0) is 38.5. The molecule has 0 unspecified atom stereocenters. The third-order valence-electron chi connectivity index (χ3n) is 12.3. The number of aryl methyl sites for hydroxylation is 1. The van der Waals surface area contributed by atoms with E-state index >= 15 is 0 Å². The first kappa shape index (κ1) is 32.9. The number of fused-ring (bicyclic) bond motifs is 6. The van der Waals surface area contributed by atoms with Crippen molar-refractivity contribution < 1.29 is 8.83 Å². The molecule has 0 amide bonds. The Labute approximate surface area is 335 Å². The van der Waals surface area contributed by atoms with Crippen molar-refractivity contribution in [2.24, 2.45) is 0 Å². The van der Waals surface area contributed by atoms with E-state index in [1.165, 1.54) is 49.2 Å². The third kappa shape index (κ3) is 4.75. The lowest BCUT2D eigenvalue weighted by molar-refractivity contribution is 0.668. The van der Waals surface area contributed by atoms with E-state index in [9.17, 15) is 0 Å². The summed E-state index contributed by atoms with van der Waals surface area (Å²) >= 11 is 0. The molecule has 0 spiro atoms. The molecule has 276 valence electrons. The molecule has 1 aliphatic carbocycles. The molecule has 11 aromatic rings. The molecule has 58 heavy (non-hydrogen) atoms. The van der Waals surface area contributed by atoms with E-state index in [-0.39, 0.29) is 0 Å². The molecule has 0 radical (unpaired) electrons. The molecule has 0 aliphatic heterocycles. The maximum atomic E-state index is 6.72. The summed E-state index contributed by atoms with van der Waals surface area (Å²) < 4.78 is 13.4. The molecular formula is C54H38N2O2. The van der Waals surface area contributed by atoms with Gasteiger partial charge in [0, 0.05) is 43.7 Å². The summed E-state index contributed by atoms with van der Waals surface area (Å²) in [5.74, 6) is 0. The highest BCUT2D eigenvalue weighted by atomic mass is 16.3. The van der Waals surface area contributed by atoms with Crippen LogP contribution in [0.2, 0.25) is 0 Å². The van der Waals surface area contributed by atoms with Gasteiger partial charge in [-0.3, -0.25) is 0 Å². The summed E-state index contributed by atoms with van der Waals surface area (Å²) in [5, 5.41) is 11.8. The zero-order valence-electron chi connectivity index (χ0n) is 32.3. The molecule has 0 saturated carbocycles. The first-order chi connectivity index (χ1) is 28.6. The van der Waals surface area contributed by atoms with Gasteiger partial charge in [0.05, 0.1) is 22.7 Å². The minimum absolute atomic E-state index is 0.875. The molecule has 0 N–H and O–H groups in total. The van der Waals surface area contributed by atoms with Crippen LogP contribution < -0.4 is 9.80 Å². The summed E-state index contributed by atoms with van der Waals surface area (Å²) in [4.78, 5) is 4.85. The van der Waals surface area contributed by atoms with Crippen molar-refractivity contribution >= 4 is 105 Å². The predicted octanol–water partition coefficient (Wildman–Crippen LogP) is 15.9. The summed E-state index contributed by atoms with van der Waals surface area (Å²) in [6, 6.07) is 56.8. The maximum Gasteiger partial charge on any atom is 0.159 e. The second-order valence-electron chi connectivity index (χ2n) is 15.7. The van der Waals surface area contributed by atoms with Gasteiger partial charge in [-0.2, -0.15) is 0 Å². The Morgan fingerprint density at radius 3 is 1.52 bits per heavy atom. The number of allylic oxidation sites excluding steroid dienone is 3. The average Bonchev–Trinajstić information content (AvgIpc) is 3.85. The highest BCUT2D eigenvalue weighted by molar-refractivity contribution is 6.28. The summed E-state index contributed by atoms with van der Waals surface area (Å²) in [5.41, 5.74) is 12.7. The van der Waals surface area contributed by atoms with E-state index in [2.05, 4.69) is 181 Å². The minimum atomic E-state index is 0.875. The van der Waals surface area contributed by atoms with Crippen LogP contribution in [0.5, 0.6) is 0 Å². The van der Waals surface area contributed by atoms with Crippen molar-refractivity contribution in [3.05, 3.63) is 187 Å². The van der Waals surface area contributed by atoms with E-state index in [1.807, 2.05) is 12.1 Å². The molecule has 0 bridgehead atoms. The molecule has 12 rings (SSSR count). The van der Waals surface area contributed by atoms with E-state index in [4.69, 9.17) is 8.83 Å². The molecular weight excluding hydrogens is 709 g/mol. The lowest BCUT2D eigenvalue weighted by atomic mass is 9.91. The standard InChI is InChI=1S/C54H38N2O2/c1-33-13-3-7-19-43(33)55(47-21-11-17-39-37-15-5-9-23-49(37)57-53(39)47)45-31-27-35-26-30-42-46(32-28-36-25-29-41(45)51(35)52(36)42)56(44-20-8-4-14-34(44)2)48-22-12-18-40-38-16-6-10-24-50(38)58-54(40)48/h3,5-13,15-32H,4,14H2,1-2H3. The molecule has 9 aromatic carbocycles. The van der Waals surface area contributed by atoms with Crippen molar-refractivity contribution in [1.29, 1.82) is 0 Å². The lowest BCUT2D eigenvalue weighted by Crippen LogP contribution is -2.18. The van der Waals surface area contributed by atoms with Gasteiger partial charge in [-0.05, 0) is 108 Å². The number of hydrogen-bond acceptors (Lipinski definition) is 4. The van der Waals surface area contributed by atoms with Crippen LogP contribution in [-0.4, -0.2) is 0 Å². The van der Waals surface area contributed by atoms with Gasteiger partial charge in [-0.15, -0.1) is 0 Å². The van der Waals surface area contributed by atoms with Crippen LogP contribution in [-0.2, 0) is 0 Å². The fourth-order valence-corrected chi connectivity index (χ4v) is 9.60. The van der Waals surface area contributed by atoms with Gasteiger partial charge in [-0.25, -0.2) is 0 Å². The van der Waals surface area contributed by atoms with Gasteiger partial charge in [0.15, 0.2) is 11.2 Å². The van der Waals surface area contributed by atoms with E-state index in [0.29, 0.717) is 0 Å². The molecule has 2 aromatic heterocycles.